The van der Waals surface area contributed by atoms with Crippen LogP contribution in [0.2, 0.25) is 0 Å². The van der Waals surface area contributed by atoms with Gasteiger partial charge in [-0.15, -0.1) is 0 Å². The minimum absolute atomic E-state index is 0.173. The number of benzene rings is 1. The van der Waals surface area contributed by atoms with Crippen molar-refractivity contribution in [1.82, 2.24) is 9.97 Å². The maximum atomic E-state index is 5.59. The molecular weight excluding hydrogens is 242 g/mol. The van der Waals surface area contributed by atoms with E-state index in [-0.39, 0.29) is 5.95 Å². The van der Waals surface area contributed by atoms with E-state index in [9.17, 15) is 0 Å². The monoisotopic (exact) mass is 259 g/mol. The molecule has 0 atom stereocenters. The van der Waals surface area contributed by atoms with E-state index >= 15 is 0 Å². The zero-order valence-electron chi connectivity index (χ0n) is 10.8. The van der Waals surface area contributed by atoms with Gasteiger partial charge in [0.25, 0.3) is 0 Å². The molecule has 100 valence electrons. The fraction of sp³-hybridized carbons (Fsp3) is 0.231. The second kappa shape index (κ2) is 5.90. The molecule has 2 rings (SSSR count). The van der Waals surface area contributed by atoms with Gasteiger partial charge in [0.2, 0.25) is 5.95 Å². The zero-order valence-corrected chi connectivity index (χ0v) is 10.8. The van der Waals surface area contributed by atoms with Gasteiger partial charge < -0.3 is 21.5 Å². The lowest BCUT2D eigenvalue weighted by Crippen LogP contribution is -2.09. The standard InChI is InChI=1S/C13H17N5O/c1-19-10-4-2-9(3-5-10)6-7-16-12-8-11(14)17-13(15)18-12/h2-5,8H,6-7H2,1H3,(H5,14,15,16,17,18). The molecule has 1 aromatic heterocycles. The molecule has 0 saturated heterocycles. The second-order valence-electron chi connectivity index (χ2n) is 4.06. The lowest BCUT2D eigenvalue weighted by molar-refractivity contribution is 0.414. The molecule has 0 bridgehead atoms. The molecule has 0 fully saturated rings. The van der Waals surface area contributed by atoms with E-state index in [1.807, 2.05) is 24.3 Å². The SMILES string of the molecule is COc1ccc(CCNc2cc(N)nc(N)n2)cc1. The number of anilines is 3. The normalized spacial score (nSPS) is 10.2. The number of rotatable bonds is 5. The van der Waals surface area contributed by atoms with Crippen molar-refractivity contribution in [3.8, 4) is 5.75 Å². The van der Waals surface area contributed by atoms with Crippen LogP contribution in [0.3, 0.4) is 0 Å². The Morgan fingerprint density at radius 3 is 2.53 bits per heavy atom. The molecule has 2 aromatic rings. The Bertz CT molecular complexity index is 521. The number of aromatic nitrogens is 2. The maximum absolute atomic E-state index is 5.59. The van der Waals surface area contributed by atoms with E-state index in [0.29, 0.717) is 11.6 Å². The maximum Gasteiger partial charge on any atom is 0.223 e. The van der Waals surface area contributed by atoms with Crippen LogP contribution in [0.25, 0.3) is 0 Å². The van der Waals surface area contributed by atoms with Gasteiger partial charge in [0.1, 0.15) is 17.4 Å². The van der Waals surface area contributed by atoms with Crippen molar-refractivity contribution in [2.45, 2.75) is 6.42 Å². The molecule has 0 aliphatic rings. The van der Waals surface area contributed by atoms with E-state index in [0.717, 1.165) is 18.7 Å². The third-order valence-electron chi connectivity index (χ3n) is 2.64. The molecule has 6 heteroatoms. The van der Waals surface area contributed by atoms with E-state index in [2.05, 4.69) is 15.3 Å². The van der Waals surface area contributed by atoms with E-state index in [1.165, 1.54) is 5.56 Å². The van der Waals surface area contributed by atoms with Crippen LogP contribution >= 0.6 is 0 Å². The Labute approximate surface area is 111 Å². The Morgan fingerprint density at radius 1 is 1.16 bits per heavy atom. The Morgan fingerprint density at radius 2 is 1.89 bits per heavy atom. The van der Waals surface area contributed by atoms with Crippen LogP contribution in [0.5, 0.6) is 5.75 Å². The number of nitrogens with zero attached hydrogens (tertiary/aromatic N) is 2. The van der Waals surface area contributed by atoms with Crippen LogP contribution in [0.1, 0.15) is 5.56 Å². The van der Waals surface area contributed by atoms with Gasteiger partial charge in [-0.1, -0.05) is 12.1 Å². The van der Waals surface area contributed by atoms with Crippen LogP contribution in [-0.4, -0.2) is 23.6 Å². The van der Waals surface area contributed by atoms with Crippen molar-refractivity contribution in [2.24, 2.45) is 0 Å². The number of hydrogen-bond donors (Lipinski definition) is 3. The van der Waals surface area contributed by atoms with Crippen molar-refractivity contribution in [2.75, 3.05) is 30.4 Å². The molecule has 0 amide bonds. The first-order valence-electron chi connectivity index (χ1n) is 5.94. The third-order valence-corrected chi connectivity index (χ3v) is 2.64. The van der Waals surface area contributed by atoms with Crippen LogP contribution in [0.4, 0.5) is 17.6 Å². The number of nitrogens with two attached hydrogens (primary N) is 2. The Kier molecular flexibility index (Phi) is 4.02. The first kappa shape index (κ1) is 12.9. The molecular formula is C13H17N5O. The molecule has 0 radical (unpaired) electrons. The number of hydrogen-bond acceptors (Lipinski definition) is 6. The summed E-state index contributed by atoms with van der Waals surface area (Å²) in [6.07, 6.45) is 0.869. The highest BCUT2D eigenvalue weighted by atomic mass is 16.5. The average molecular weight is 259 g/mol. The number of nitrogen functional groups attached to an aromatic ring is 2. The van der Waals surface area contributed by atoms with Crippen molar-refractivity contribution >= 4 is 17.6 Å². The first-order valence-corrected chi connectivity index (χ1v) is 5.94. The van der Waals surface area contributed by atoms with Crippen LogP contribution in [0.15, 0.2) is 30.3 Å². The molecule has 0 unspecified atom stereocenters. The summed E-state index contributed by atoms with van der Waals surface area (Å²) in [5.74, 6) is 2.03. The molecule has 0 aliphatic carbocycles. The molecule has 0 spiro atoms. The average Bonchev–Trinajstić information content (AvgIpc) is 2.38. The molecule has 0 aliphatic heterocycles. The Balaban J connectivity index is 1.88. The zero-order chi connectivity index (χ0) is 13.7. The van der Waals surface area contributed by atoms with Gasteiger partial charge in [-0.2, -0.15) is 9.97 Å². The van der Waals surface area contributed by atoms with Gasteiger partial charge in [-0.3, -0.25) is 0 Å². The third kappa shape index (κ3) is 3.74. The van der Waals surface area contributed by atoms with Gasteiger partial charge in [-0.05, 0) is 24.1 Å². The van der Waals surface area contributed by atoms with E-state index in [4.69, 9.17) is 16.2 Å². The molecule has 6 nitrogen and oxygen atoms in total. The highest BCUT2D eigenvalue weighted by Gasteiger charge is 1.99. The van der Waals surface area contributed by atoms with Gasteiger partial charge in [0.05, 0.1) is 7.11 Å². The Hall–Kier alpha value is -2.50. The predicted molar refractivity (Wildman–Crippen MR) is 76.0 cm³/mol. The molecule has 0 saturated carbocycles. The lowest BCUT2D eigenvalue weighted by Gasteiger charge is -2.07. The van der Waals surface area contributed by atoms with Gasteiger partial charge >= 0.3 is 0 Å². The number of nitrogens with one attached hydrogen (secondary N) is 1. The van der Waals surface area contributed by atoms with Crippen LogP contribution in [0, 0.1) is 0 Å². The summed E-state index contributed by atoms with van der Waals surface area (Å²) in [5, 5.41) is 3.16. The minimum atomic E-state index is 0.173. The predicted octanol–water partition coefficient (Wildman–Crippen LogP) is 1.30. The van der Waals surface area contributed by atoms with Crippen molar-refractivity contribution in [3.63, 3.8) is 0 Å². The highest BCUT2D eigenvalue weighted by Crippen LogP contribution is 2.12. The minimum Gasteiger partial charge on any atom is -0.497 e. The number of methoxy groups -OCH3 is 1. The molecule has 5 N–H and O–H groups in total. The highest BCUT2D eigenvalue weighted by molar-refractivity contribution is 5.48. The summed E-state index contributed by atoms with van der Waals surface area (Å²) in [4.78, 5) is 7.86. The van der Waals surface area contributed by atoms with Crippen molar-refractivity contribution < 1.29 is 4.74 Å². The van der Waals surface area contributed by atoms with Gasteiger partial charge in [-0.25, -0.2) is 0 Å². The van der Waals surface area contributed by atoms with Crippen LogP contribution in [-0.2, 0) is 6.42 Å². The summed E-state index contributed by atoms with van der Waals surface area (Å²) in [5.41, 5.74) is 12.3. The topological polar surface area (TPSA) is 99.1 Å². The lowest BCUT2D eigenvalue weighted by atomic mass is 10.1. The summed E-state index contributed by atoms with van der Waals surface area (Å²) >= 11 is 0. The summed E-state index contributed by atoms with van der Waals surface area (Å²) < 4.78 is 5.11. The van der Waals surface area contributed by atoms with Crippen molar-refractivity contribution in [3.05, 3.63) is 35.9 Å². The summed E-state index contributed by atoms with van der Waals surface area (Å²) in [6.45, 7) is 0.738. The summed E-state index contributed by atoms with van der Waals surface area (Å²) in [7, 11) is 1.65. The molecule has 1 aromatic carbocycles. The van der Waals surface area contributed by atoms with E-state index in [1.54, 1.807) is 13.2 Å². The van der Waals surface area contributed by atoms with Gasteiger partial charge in [0, 0.05) is 12.6 Å². The van der Waals surface area contributed by atoms with Crippen molar-refractivity contribution in [1.29, 1.82) is 0 Å². The second-order valence-corrected chi connectivity index (χ2v) is 4.06. The summed E-state index contributed by atoms with van der Waals surface area (Å²) in [6, 6.07) is 9.60. The van der Waals surface area contributed by atoms with Gasteiger partial charge in [0.15, 0.2) is 0 Å². The van der Waals surface area contributed by atoms with Crippen LogP contribution < -0.4 is 21.5 Å². The first-order chi connectivity index (χ1) is 9.17. The van der Waals surface area contributed by atoms with E-state index < -0.39 is 0 Å². The quantitative estimate of drug-likeness (QED) is 0.748. The molecule has 19 heavy (non-hydrogen) atoms. The molecule has 1 heterocycles. The smallest absolute Gasteiger partial charge is 0.223 e. The number of ether oxygens (including phenoxy) is 1. The fourth-order valence-electron chi connectivity index (χ4n) is 1.70. The fourth-order valence-corrected chi connectivity index (χ4v) is 1.70. The largest absolute Gasteiger partial charge is 0.497 e.